The molecule has 1 saturated heterocycles. The molecule has 0 radical (unpaired) electrons. The van der Waals surface area contributed by atoms with E-state index >= 15 is 0 Å². The van der Waals surface area contributed by atoms with Crippen molar-refractivity contribution < 1.29 is 9.53 Å². The van der Waals surface area contributed by atoms with Gasteiger partial charge in [0.2, 0.25) is 0 Å². The largest absolute Gasteiger partial charge is 0.461 e. The van der Waals surface area contributed by atoms with Crippen molar-refractivity contribution in [2.75, 3.05) is 6.54 Å². The Bertz CT molecular complexity index is 273. The Morgan fingerprint density at radius 2 is 2.54 bits per heavy atom. The monoisotopic (exact) mass is 197 g/mol. The van der Waals surface area contributed by atoms with E-state index in [2.05, 4.69) is 6.58 Å². The van der Waals surface area contributed by atoms with Gasteiger partial charge in [-0.15, -0.1) is 0 Å². The second-order valence-corrected chi connectivity index (χ2v) is 2.96. The van der Waals surface area contributed by atoms with E-state index in [1.165, 1.54) is 11.0 Å². The Labute approximate surface area is 82.7 Å². The lowest BCUT2D eigenvalue weighted by Crippen LogP contribution is -2.30. The molecule has 0 saturated carbocycles. The van der Waals surface area contributed by atoms with E-state index in [0.717, 1.165) is 0 Å². The number of amides is 1. The number of hydrogen-bond donors (Lipinski definition) is 0. The van der Waals surface area contributed by atoms with Crippen LogP contribution >= 0.6 is 12.2 Å². The number of rotatable bonds is 2. The Hall–Kier alpha value is -1.16. The standard InChI is InChI=1S/C9H11NO2S/c1-3-5-8(11)10-6-7(4-2)12-9(10)13/h3-5,7H,2,6H2,1H3/b5-3+/t7-/m1/s1. The average Bonchev–Trinajstić information content (AvgIpc) is 2.47. The van der Waals surface area contributed by atoms with Gasteiger partial charge < -0.3 is 4.74 Å². The van der Waals surface area contributed by atoms with E-state index in [1.807, 2.05) is 0 Å². The van der Waals surface area contributed by atoms with Crippen molar-refractivity contribution in [3.63, 3.8) is 0 Å². The van der Waals surface area contributed by atoms with Gasteiger partial charge in [0.05, 0.1) is 6.54 Å². The Morgan fingerprint density at radius 3 is 3.00 bits per heavy atom. The van der Waals surface area contributed by atoms with Crippen molar-refractivity contribution in [2.24, 2.45) is 0 Å². The fourth-order valence-corrected chi connectivity index (χ4v) is 1.31. The highest BCUT2D eigenvalue weighted by Gasteiger charge is 2.29. The summed E-state index contributed by atoms with van der Waals surface area (Å²) in [5, 5.41) is 0.230. The molecule has 0 spiro atoms. The first-order valence-electron chi connectivity index (χ1n) is 3.96. The van der Waals surface area contributed by atoms with Crippen molar-refractivity contribution in [1.29, 1.82) is 0 Å². The maximum Gasteiger partial charge on any atom is 0.267 e. The lowest BCUT2D eigenvalue weighted by atomic mass is 10.3. The maximum atomic E-state index is 11.4. The van der Waals surface area contributed by atoms with Gasteiger partial charge in [-0.3, -0.25) is 9.69 Å². The third-order valence-electron chi connectivity index (χ3n) is 1.67. The van der Waals surface area contributed by atoms with E-state index in [4.69, 9.17) is 17.0 Å². The van der Waals surface area contributed by atoms with Gasteiger partial charge in [-0.1, -0.05) is 12.7 Å². The summed E-state index contributed by atoms with van der Waals surface area (Å²) in [6.07, 6.45) is 4.60. The molecule has 1 atom stereocenters. The summed E-state index contributed by atoms with van der Waals surface area (Å²) in [6.45, 7) is 5.82. The number of thiocarbonyl (C=S) groups is 1. The first-order chi connectivity index (χ1) is 6.19. The molecule has 70 valence electrons. The number of allylic oxidation sites excluding steroid dienone is 1. The zero-order valence-electron chi connectivity index (χ0n) is 7.40. The molecule has 0 bridgehead atoms. The molecule has 13 heavy (non-hydrogen) atoms. The third kappa shape index (κ3) is 2.15. The van der Waals surface area contributed by atoms with E-state index in [0.29, 0.717) is 6.54 Å². The third-order valence-corrected chi connectivity index (χ3v) is 1.99. The molecule has 1 rings (SSSR count). The molecule has 0 aromatic carbocycles. The lowest BCUT2D eigenvalue weighted by Gasteiger charge is -2.08. The zero-order chi connectivity index (χ0) is 9.84. The molecular formula is C9H11NO2S. The molecule has 0 aliphatic carbocycles. The van der Waals surface area contributed by atoms with Crippen LogP contribution in [0.3, 0.4) is 0 Å². The van der Waals surface area contributed by atoms with Gasteiger partial charge in [0.15, 0.2) is 0 Å². The highest BCUT2D eigenvalue weighted by Crippen LogP contribution is 2.12. The molecule has 1 aliphatic heterocycles. The molecule has 0 N–H and O–H groups in total. The number of ether oxygens (including phenoxy) is 1. The zero-order valence-corrected chi connectivity index (χ0v) is 8.21. The second-order valence-electron chi connectivity index (χ2n) is 2.61. The van der Waals surface area contributed by atoms with Gasteiger partial charge in [0.25, 0.3) is 11.1 Å². The number of nitrogens with zero attached hydrogens (tertiary/aromatic N) is 1. The van der Waals surface area contributed by atoms with Crippen LogP contribution in [-0.4, -0.2) is 28.6 Å². The van der Waals surface area contributed by atoms with Gasteiger partial charge in [0, 0.05) is 0 Å². The smallest absolute Gasteiger partial charge is 0.267 e. The van der Waals surface area contributed by atoms with Gasteiger partial charge in [0.1, 0.15) is 6.10 Å². The molecule has 1 fully saturated rings. The number of hydrogen-bond acceptors (Lipinski definition) is 3. The predicted octanol–water partition coefficient (Wildman–Crippen LogP) is 1.26. The fraction of sp³-hybridized carbons (Fsp3) is 0.333. The molecular weight excluding hydrogens is 186 g/mol. The molecule has 3 nitrogen and oxygen atoms in total. The van der Waals surface area contributed by atoms with Crippen molar-refractivity contribution in [2.45, 2.75) is 13.0 Å². The Kier molecular flexibility index (Phi) is 3.19. The summed E-state index contributed by atoms with van der Waals surface area (Å²) in [7, 11) is 0. The second kappa shape index (κ2) is 4.18. The normalized spacial score (nSPS) is 22.1. The molecule has 1 amide bonds. The number of carbonyl (C=O) groups excluding carboxylic acids is 1. The van der Waals surface area contributed by atoms with Crippen molar-refractivity contribution in [1.82, 2.24) is 4.90 Å². The van der Waals surface area contributed by atoms with E-state index in [-0.39, 0.29) is 17.2 Å². The summed E-state index contributed by atoms with van der Waals surface area (Å²) in [4.78, 5) is 12.8. The molecule has 0 aromatic rings. The topological polar surface area (TPSA) is 29.5 Å². The van der Waals surface area contributed by atoms with Crippen molar-refractivity contribution >= 4 is 23.3 Å². The van der Waals surface area contributed by atoms with E-state index in [9.17, 15) is 4.79 Å². The molecule has 4 heteroatoms. The minimum Gasteiger partial charge on any atom is -0.461 e. The van der Waals surface area contributed by atoms with Crippen LogP contribution in [0.15, 0.2) is 24.8 Å². The van der Waals surface area contributed by atoms with Gasteiger partial charge >= 0.3 is 0 Å². The van der Waals surface area contributed by atoms with Crippen LogP contribution < -0.4 is 0 Å². The van der Waals surface area contributed by atoms with Crippen molar-refractivity contribution in [3.05, 3.63) is 24.8 Å². The minimum atomic E-state index is -0.165. The number of carbonyl (C=O) groups is 1. The lowest BCUT2D eigenvalue weighted by molar-refractivity contribution is -0.122. The van der Waals surface area contributed by atoms with Gasteiger partial charge in [-0.25, -0.2) is 0 Å². The summed E-state index contributed by atoms with van der Waals surface area (Å²) in [6, 6.07) is 0. The first-order valence-corrected chi connectivity index (χ1v) is 4.37. The van der Waals surface area contributed by atoms with Gasteiger partial charge in [-0.05, 0) is 31.3 Å². The molecule has 0 aromatic heterocycles. The van der Waals surface area contributed by atoms with Crippen LogP contribution in [-0.2, 0) is 9.53 Å². The minimum absolute atomic E-state index is 0.142. The van der Waals surface area contributed by atoms with Crippen LogP contribution in [0.2, 0.25) is 0 Å². The molecule has 1 aliphatic rings. The van der Waals surface area contributed by atoms with Crippen LogP contribution in [0.5, 0.6) is 0 Å². The predicted molar refractivity (Wildman–Crippen MR) is 54.2 cm³/mol. The fourth-order valence-electron chi connectivity index (χ4n) is 1.02. The first kappa shape index (κ1) is 9.92. The molecule has 0 unspecified atom stereocenters. The highest BCUT2D eigenvalue weighted by atomic mass is 32.1. The van der Waals surface area contributed by atoms with Crippen LogP contribution in [0, 0.1) is 0 Å². The summed E-state index contributed by atoms with van der Waals surface area (Å²) < 4.78 is 5.18. The van der Waals surface area contributed by atoms with Crippen LogP contribution in [0.1, 0.15) is 6.92 Å². The quantitative estimate of drug-likeness (QED) is 0.379. The Morgan fingerprint density at radius 1 is 1.85 bits per heavy atom. The average molecular weight is 197 g/mol. The summed E-state index contributed by atoms with van der Waals surface area (Å²) in [5.74, 6) is -0.142. The maximum absolute atomic E-state index is 11.4. The SMILES string of the molecule is C=C[C@@H]1CN(C(=O)/C=C/C)C(=S)O1. The summed E-state index contributed by atoms with van der Waals surface area (Å²) in [5.41, 5.74) is 0. The van der Waals surface area contributed by atoms with Crippen LogP contribution in [0.25, 0.3) is 0 Å². The molecule has 1 heterocycles. The Balaban J connectivity index is 2.67. The van der Waals surface area contributed by atoms with Crippen LogP contribution in [0.4, 0.5) is 0 Å². The van der Waals surface area contributed by atoms with Crippen molar-refractivity contribution in [3.8, 4) is 0 Å². The highest BCUT2D eigenvalue weighted by molar-refractivity contribution is 7.80. The van der Waals surface area contributed by atoms with E-state index < -0.39 is 0 Å². The van der Waals surface area contributed by atoms with E-state index in [1.54, 1.807) is 19.1 Å². The van der Waals surface area contributed by atoms with Gasteiger partial charge in [-0.2, -0.15) is 0 Å². The summed E-state index contributed by atoms with van der Waals surface area (Å²) >= 11 is 4.88.